The second kappa shape index (κ2) is 7.00. The largest absolute Gasteiger partial charge is 0.399 e. The second-order valence-corrected chi connectivity index (χ2v) is 5.54. The van der Waals surface area contributed by atoms with Gasteiger partial charge in [0.15, 0.2) is 5.69 Å². The van der Waals surface area contributed by atoms with Crippen molar-refractivity contribution in [3.05, 3.63) is 78.1 Å². The average molecular weight is 320 g/mol. The first-order chi connectivity index (χ1) is 11.7. The third-order valence-corrected chi connectivity index (χ3v) is 3.85. The lowest BCUT2D eigenvalue weighted by Crippen LogP contribution is -2.30. The number of hydrogen-bond donors (Lipinski definition) is 1. The first-order valence-corrected chi connectivity index (χ1v) is 7.92. The Morgan fingerprint density at radius 1 is 1.08 bits per heavy atom. The first kappa shape index (κ1) is 15.8. The lowest BCUT2D eigenvalue weighted by atomic mass is 10.2. The van der Waals surface area contributed by atoms with Crippen LogP contribution in [-0.4, -0.2) is 27.1 Å². The summed E-state index contributed by atoms with van der Waals surface area (Å²) in [6, 6.07) is 19.1. The van der Waals surface area contributed by atoms with Gasteiger partial charge in [-0.1, -0.05) is 30.3 Å². The summed E-state index contributed by atoms with van der Waals surface area (Å²) in [5.74, 6) is -0.0736. The lowest BCUT2D eigenvalue weighted by molar-refractivity contribution is 0.0746. The van der Waals surface area contributed by atoms with Crippen molar-refractivity contribution >= 4 is 11.6 Å². The molecule has 1 aromatic heterocycles. The highest BCUT2D eigenvalue weighted by molar-refractivity contribution is 5.92. The maximum absolute atomic E-state index is 12.7. The van der Waals surface area contributed by atoms with E-state index in [0.29, 0.717) is 24.5 Å². The molecule has 3 rings (SSSR count). The predicted octanol–water partition coefficient (Wildman–Crippen LogP) is 3.12. The Labute approximate surface area is 141 Å². The molecule has 122 valence electrons. The zero-order valence-electron chi connectivity index (χ0n) is 13.6. The zero-order valence-corrected chi connectivity index (χ0v) is 13.6. The van der Waals surface area contributed by atoms with Gasteiger partial charge in [-0.05, 0) is 42.8 Å². The van der Waals surface area contributed by atoms with Gasteiger partial charge in [0.05, 0.1) is 5.69 Å². The standard InChI is InChI=1S/C19H20N4O/c1-2-22(14-15-6-4-3-5-7-15)19(24)18-12-13-23(21-18)17-10-8-16(20)9-11-17/h3-13H,2,14,20H2,1H3. The van der Waals surface area contributed by atoms with E-state index in [4.69, 9.17) is 5.73 Å². The van der Waals surface area contributed by atoms with Crippen LogP contribution in [0.3, 0.4) is 0 Å². The van der Waals surface area contributed by atoms with Crippen molar-refractivity contribution in [1.82, 2.24) is 14.7 Å². The van der Waals surface area contributed by atoms with Gasteiger partial charge in [0, 0.05) is 25.0 Å². The van der Waals surface area contributed by atoms with E-state index in [0.717, 1.165) is 11.3 Å². The van der Waals surface area contributed by atoms with Crippen molar-refractivity contribution in [2.75, 3.05) is 12.3 Å². The van der Waals surface area contributed by atoms with Crippen molar-refractivity contribution in [3.63, 3.8) is 0 Å². The van der Waals surface area contributed by atoms with Crippen molar-refractivity contribution in [2.45, 2.75) is 13.5 Å². The monoisotopic (exact) mass is 320 g/mol. The van der Waals surface area contributed by atoms with Gasteiger partial charge in [-0.3, -0.25) is 4.79 Å². The smallest absolute Gasteiger partial charge is 0.274 e. The summed E-state index contributed by atoms with van der Waals surface area (Å²) in [7, 11) is 0. The summed E-state index contributed by atoms with van der Waals surface area (Å²) in [4.78, 5) is 14.5. The SMILES string of the molecule is CCN(Cc1ccccc1)C(=O)c1ccn(-c2ccc(N)cc2)n1. The van der Waals surface area contributed by atoms with Gasteiger partial charge < -0.3 is 10.6 Å². The fraction of sp³-hybridized carbons (Fsp3) is 0.158. The third-order valence-electron chi connectivity index (χ3n) is 3.85. The molecule has 0 spiro atoms. The Hall–Kier alpha value is -3.08. The van der Waals surface area contributed by atoms with Crippen LogP contribution >= 0.6 is 0 Å². The van der Waals surface area contributed by atoms with Gasteiger partial charge in [0.25, 0.3) is 5.91 Å². The minimum Gasteiger partial charge on any atom is -0.399 e. The van der Waals surface area contributed by atoms with Crippen molar-refractivity contribution in [2.24, 2.45) is 0 Å². The predicted molar refractivity (Wildman–Crippen MR) is 94.8 cm³/mol. The van der Waals surface area contributed by atoms with E-state index in [1.807, 2.05) is 61.5 Å². The number of amides is 1. The number of carbonyl (C=O) groups is 1. The summed E-state index contributed by atoms with van der Waals surface area (Å²) in [5, 5.41) is 4.41. The highest BCUT2D eigenvalue weighted by atomic mass is 16.2. The molecule has 5 nitrogen and oxygen atoms in total. The number of hydrogen-bond acceptors (Lipinski definition) is 3. The van der Waals surface area contributed by atoms with Gasteiger partial charge in [-0.2, -0.15) is 5.10 Å². The van der Waals surface area contributed by atoms with Crippen LogP contribution in [-0.2, 0) is 6.54 Å². The minimum atomic E-state index is -0.0736. The quantitative estimate of drug-likeness (QED) is 0.735. The molecular formula is C19H20N4O. The van der Waals surface area contributed by atoms with Gasteiger partial charge in [0.2, 0.25) is 0 Å². The molecule has 0 fully saturated rings. The molecule has 1 heterocycles. The Morgan fingerprint density at radius 2 is 1.79 bits per heavy atom. The van der Waals surface area contributed by atoms with E-state index in [-0.39, 0.29) is 5.91 Å². The molecule has 2 aromatic carbocycles. The molecule has 24 heavy (non-hydrogen) atoms. The molecule has 0 saturated heterocycles. The van der Waals surface area contributed by atoms with Crippen LogP contribution in [0.2, 0.25) is 0 Å². The maximum Gasteiger partial charge on any atom is 0.274 e. The number of anilines is 1. The van der Waals surface area contributed by atoms with Gasteiger partial charge in [-0.15, -0.1) is 0 Å². The molecule has 0 aliphatic rings. The fourth-order valence-electron chi connectivity index (χ4n) is 2.50. The molecule has 1 amide bonds. The fourth-order valence-corrected chi connectivity index (χ4v) is 2.50. The highest BCUT2D eigenvalue weighted by Gasteiger charge is 2.17. The van der Waals surface area contributed by atoms with E-state index < -0.39 is 0 Å². The molecule has 3 aromatic rings. The highest BCUT2D eigenvalue weighted by Crippen LogP contribution is 2.13. The Morgan fingerprint density at radius 3 is 2.46 bits per heavy atom. The number of nitrogen functional groups attached to an aromatic ring is 1. The minimum absolute atomic E-state index is 0.0736. The molecular weight excluding hydrogens is 300 g/mol. The summed E-state index contributed by atoms with van der Waals surface area (Å²) in [5.41, 5.74) is 8.80. The summed E-state index contributed by atoms with van der Waals surface area (Å²) in [6.45, 7) is 3.17. The topological polar surface area (TPSA) is 64.2 Å². The molecule has 0 radical (unpaired) electrons. The molecule has 0 aliphatic heterocycles. The number of nitrogens with two attached hydrogens (primary N) is 1. The first-order valence-electron chi connectivity index (χ1n) is 7.92. The van der Waals surface area contributed by atoms with Crippen LogP contribution in [0.25, 0.3) is 5.69 Å². The third kappa shape index (κ3) is 3.46. The number of nitrogens with zero attached hydrogens (tertiary/aromatic N) is 3. The molecule has 5 heteroatoms. The van der Waals surface area contributed by atoms with Crippen LogP contribution in [0.5, 0.6) is 0 Å². The summed E-state index contributed by atoms with van der Waals surface area (Å²) < 4.78 is 1.68. The normalized spacial score (nSPS) is 10.5. The van der Waals surface area contributed by atoms with Crippen LogP contribution in [0.4, 0.5) is 5.69 Å². The second-order valence-electron chi connectivity index (χ2n) is 5.54. The van der Waals surface area contributed by atoms with Crippen molar-refractivity contribution in [1.29, 1.82) is 0 Å². The Bertz CT molecular complexity index is 809. The molecule has 0 aliphatic carbocycles. The summed E-state index contributed by atoms with van der Waals surface area (Å²) >= 11 is 0. The van der Waals surface area contributed by atoms with Gasteiger partial charge in [0.1, 0.15) is 0 Å². The van der Waals surface area contributed by atoms with Gasteiger partial charge in [-0.25, -0.2) is 4.68 Å². The van der Waals surface area contributed by atoms with Crippen LogP contribution in [0, 0.1) is 0 Å². The summed E-state index contributed by atoms with van der Waals surface area (Å²) in [6.07, 6.45) is 1.79. The van der Waals surface area contributed by atoms with E-state index >= 15 is 0 Å². The van der Waals surface area contributed by atoms with E-state index in [1.54, 1.807) is 21.8 Å². The van der Waals surface area contributed by atoms with Gasteiger partial charge >= 0.3 is 0 Å². The number of rotatable bonds is 5. The van der Waals surface area contributed by atoms with Crippen molar-refractivity contribution in [3.8, 4) is 5.69 Å². The van der Waals surface area contributed by atoms with E-state index in [1.165, 1.54) is 0 Å². The van der Waals surface area contributed by atoms with E-state index in [9.17, 15) is 4.79 Å². The maximum atomic E-state index is 12.7. The van der Waals surface area contributed by atoms with Crippen LogP contribution < -0.4 is 5.73 Å². The van der Waals surface area contributed by atoms with Crippen LogP contribution in [0.1, 0.15) is 23.0 Å². The van der Waals surface area contributed by atoms with E-state index in [2.05, 4.69) is 5.10 Å². The molecule has 0 unspecified atom stereocenters. The Kier molecular flexibility index (Phi) is 4.61. The lowest BCUT2D eigenvalue weighted by Gasteiger charge is -2.19. The number of carbonyl (C=O) groups excluding carboxylic acids is 1. The molecule has 0 atom stereocenters. The van der Waals surface area contributed by atoms with Crippen LogP contribution in [0.15, 0.2) is 66.9 Å². The zero-order chi connectivity index (χ0) is 16.9. The number of benzene rings is 2. The van der Waals surface area contributed by atoms with Crippen molar-refractivity contribution < 1.29 is 4.79 Å². The number of aromatic nitrogens is 2. The average Bonchev–Trinajstić information content (AvgIpc) is 3.10. The Balaban J connectivity index is 1.77. The molecule has 2 N–H and O–H groups in total. The molecule has 0 bridgehead atoms. The molecule has 0 saturated carbocycles.